The van der Waals surface area contributed by atoms with Crippen molar-refractivity contribution < 1.29 is 5.11 Å². The predicted octanol–water partition coefficient (Wildman–Crippen LogP) is 4.57. The van der Waals surface area contributed by atoms with Crippen LogP contribution in [-0.4, -0.2) is 11.2 Å². The molecule has 0 bridgehead atoms. The maximum Gasteiger partial charge on any atom is 0.115 e. The second-order valence-corrected chi connectivity index (χ2v) is 6.37. The van der Waals surface area contributed by atoms with E-state index in [4.69, 9.17) is 0 Å². The number of benzene rings is 1. The lowest BCUT2D eigenvalue weighted by Gasteiger charge is -2.28. The molecule has 0 heterocycles. The highest BCUT2D eigenvalue weighted by atomic mass is 16.3. The third kappa shape index (κ3) is 5.21. The average molecular weight is 284 g/mol. The summed E-state index contributed by atoms with van der Waals surface area (Å²) in [6.45, 7) is 4.44. The first-order chi connectivity index (χ1) is 10.2. The number of hydrogen-bond acceptors (Lipinski definition) is 1. The van der Waals surface area contributed by atoms with Gasteiger partial charge in [0.05, 0.1) is 0 Å². The van der Waals surface area contributed by atoms with E-state index in [9.17, 15) is 5.11 Å². The molecule has 1 heteroatoms. The zero-order valence-electron chi connectivity index (χ0n) is 13.4. The molecule has 1 aliphatic rings. The molecule has 1 fully saturated rings. The third-order valence-electron chi connectivity index (χ3n) is 4.85. The third-order valence-corrected chi connectivity index (χ3v) is 4.85. The second-order valence-electron chi connectivity index (χ2n) is 6.37. The molecule has 0 amide bonds. The van der Waals surface area contributed by atoms with Crippen molar-refractivity contribution in [1.82, 2.24) is 0 Å². The summed E-state index contributed by atoms with van der Waals surface area (Å²) in [6.07, 6.45) is 7.93. The lowest BCUT2D eigenvalue weighted by atomic mass is 9.79. The first-order valence-corrected chi connectivity index (χ1v) is 8.49. The van der Waals surface area contributed by atoms with Gasteiger partial charge in [-0.2, -0.15) is 0 Å². The van der Waals surface area contributed by atoms with Crippen LogP contribution in [0.15, 0.2) is 24.3 Å². The Morgan fingerprint density at radius 2 is 1.67 bits per heavy atom. The fourth-order valence-electron chi connectivity index (χ4n) is 3.24. The molecule has 1 saturated carbocycles. The van der Waals surface area contributed by atoms with Gasteiger partial charge in [0.2, 0.25) is 0 Å². The van der Waals surface area contributed by atoms with E-state index in [1.807, 2.05) is 12.1 Å². The van der Waals surface area contributed by atoms with Gasteiger partial charge in [-0.15, -0.1) is 0 Å². The van der Waals surface area contributed by atoms with Crippen LogP contribution < -0.4 is 0 Å². The van der Waals surface area contributed by atoms with Gasteiger partial charge in [-0.25, -0.2) is 0 Å². The average Bonchev–Trinajstić information content (AvgIpc) is 2.54. The van der Waals surface area contributed by atoms with E-state index in [-0.39, 0.29) is 0 Å². The fraction of sp³-hybridized carbons (Fsp3) is 0.600. The Labute approximate surface area is 129 Å². The fourth-order valence-corrected chi connectivity index (χ4v) is 3.24. The number of hydrogen-bond donors (Lipinski definition) is 1. The summed E-state index contributed by atoms with van der Waals surface area (Å²) in [5.74, 6) is 7.70. The summed E-state index contributed by atoms with van der Waals surface area (Å²) in [4.78, 5) is 0. The van der Waals surface area contributed by atoms with Crippen molar-refractivity contribution >= 4 is 0 Å². The van der Waals surface area contributed by atoms with Crippen molar-refractivity contribution in [2.45, 2.75) is 64.9 Å². The molecular weight excluding hydrogens is 256 g/mol. The van der Waals surface area contributed by atoms with Gasteiger partial charge in [-0.05, 0) is 42.4 Å². The van der Waals surface area contributed by atoms with Crippen LogP contribution in [0.5, 0.6) is 0 Å². The second kappa shape index (κ2) is 8.25. The van der Waals surface area contributed by atoms with Gasteiger partial charge >= 0.3 is 0 Å². The molecule has 0 spiro atoms. The van der Waals surface area contributed by atoms with Crippen LogP contribution >= 0.6 is 0 Å². The Hall–Kier alpha value is -1.26. The Morgan fingerprint density at radius 3 is 2.24 bits per heavy atom. The maximum absolute atomic E-state index is 10.1. The van der Waals surface area contributed by atoms with Crippen molar-refractivity contribution in [2.24, 2.45) is 11.8 Å². The summed E-state index contributed by atoms with van der Waals surface area (Å²) >= 11 is 0. The van der Waals surface area contributed by atoms with E-state index in [1.165, 1.54) is 37.7 Å². The zero-order valence-corrected chi connectivity index (χ0v) is 13.4. The number of aliphatic hydroxyl groups excluding tert-OH is 1. The highest BCUT2D eigenvalue weighted by Gasteiger charge is 2.21. The van der Waals surface area contributed by atoms with Gasteiger partial charge in [0.1, 0.15) is 6.10 Å². The Morgan fingerprint density at radius 1 is 1.05 bits per heavy atom. The van der Waals surface area contributed by atoms with Crippen molar-refractivity contribution in [2.75, 3.05) is 0 Å². The van der Waals surface area contributed by atoms with Crippen LogP contribution in [0.2, 0.25) is 0 Å². The molecule has 1 aliphatic carbocycles. The molecule has 1 aromatic carbocycles. The van der Waals surface area contributed by atoms with Crippen LogP contribution in [-0.2, 0) is 6.42 Å². The van der Waals surface area contributed by atoms with E-state index < -0.39 is 6.10 Å². The molecule has 0 aliphatic heterocycles. The maximum atomic E-state index is 10.1. The Balaban J connectivity index is 1.81. The molecule has 0 saturated heterocycles. The molecular formula is C20H28O. The van der Waals surface area contributed by atoms with Gasteiger partial charge in [0, 0.05) is 5.56 Å². The van der Waals surface area contributed by atoms with E-state index in [0.717, 1.165) is 24.3 Å². The van der Waals surface area contributed by atoms with Crippen molar-refractivity contribution in [3.63, 3.8) is 0 Å². The number of aliphatic hydroxyl groups is 1. The monoisotopic (exact) mass is 284 g/mol. The molecule has 0 aromatic heterocycles. The van der Waals surface area contributed by atoms with E-state index in [0.29, 0.717) is 5.92 Å². The smallest absolute Gasteiger partial charge is 0.115 e. The molecule has 1 N–H and O–H groups in total. The molecule has 114 valence electrons. The molecule has 1 aromatic rings. The zero-order chi connectivity index (χ0) is 15.1. The summed E-state index contributed by atoms with van der Waals surface area (Å²) in [5, 5.41) is 10.1. The van der Waals surface area contributed by atoms with Crippen molar-refractivity contribution in [3.8, 4) is 11.8 Å². The van der Waals surface area contributed by atoms with E-state index in [1.54, 1.807) is 0 Å². The summed E-state index contributed by atoms with van der Waals surface area (Å²) in [7, 11) is 0. The van der Waals surface area contributed by atoms with Crippen molar-refractivity contribution in [1.29, 1.82) is 0 Å². The molecule has 21 heavy (non-hydrogen) atoms. The minimum absolute atomic E-state index is 0.473. The molecule has 1 nitrogen and oxygen atoms in total. The van der Waals surface area contributed by atoms with Crippen LogP contribution in [0, 0.1) is 23.7 Å². The largest absolute Gasteiger partial charge is 0.380 e. The Bertz CT molecular complexity index is 469. The normalized spacial score (nSPS) is 23.2. The summed E-state index contributed by atoms with van der Waals surface area (Å²) in [5.41, 5.74) is 2.33. The first kappa shape index (κ1) is 16.1. The summed E-state index contributed by atoms with van der Waals surface area (Å²) in [6, 6.07) is 8.32. The van der Waals surface area contributed by atoms with E-state index in [2.05, 4.69) is 37.8 Å². The molecule has 1 atom stereocenters. The molecule has 0 radical (unpaired) electrons. The van der Waals surface area contributed by atoms with Gasteiger partial charge < -0.3 is 5.11 Å². The minimum Gasteiger partial charge on any atom is -0.380 e. The lowest BCUT2D eigenvalue weighted by molar-refractivity contribution is 0.163. The summed E-state index contributed by atoms with van der Waals surface area (Å²) < 4.78 is 0. The standard InChI is InChI=1S/C20H28O/c1-3-16-5-9-18(10-6-16)13-14-20(21)15-19-11-7-17(4-2)8-12-19/h5-6,9-10,17,19-21H,3-4,7-8,11-12,15H2,1-2H3. The van der Waals surface area contributed by atoms with Crippen LogP contribution in [0.4, 0.5) is 0 Å². The highest BCUT2D eigenvalue weighted by Crippen LogP contribution is 2.32. The Kier molecular flexibility index (Phi) is 6.33. The van der Waals surface area contributed by atoms with Gasteiger partial charge in [0.15, 0.2) is 0 Å². The van der Waals surface area contributed by atoms with Crippen LogP contribution in [0.1, 0.15) is 63.5 Å². The van der Waals surface area contributed by atoms with E-state index >= 15 is 0 Å². The SMILES string of the molecule is CCc1ccc(C#CC(O)CC2CCC(CC)CC2)cc1. The van der Waals surface area contributed by atoms with Gasteiger partial charge in [0.25, 0.3) is 0 Å². The topological polar surface area (TPSA) is 20.2 Å². The van der Waals surface area contributed by atoms with Crippen LogP contribution in [0.3, 0.4) is 0 Å². The van der Waals surface area contributed by atoms with Gasteiger partial charge in [-0.3, -0.25) is 0 Å². The predicted molar refractivity (Wildman–Crippen MR) is 89.1 cm³/mol. The minimum atomic E-state index is -0.473. The van der Waals surface area contributed by atoms with Gasteiger partial charge in [-0.1, -0.05) is 69.9 Å². The number of aryl methyl sites for hydroxylation is 1. The lowest BCUT2D eigenvalue weighted by Crippen LogP contribution is -2.18. The molecule has 1 unspecified atom stereocenters. The highest BCUT2D eigenvalue weighted by molar-refractivity contribution is 5.36. The molecule has 2 rings (SSSR count). The first-order valence-electron chi connectivity index (χ1n) is 8.49. The quantitative estimate of drug-likeness (QED) is 0.803. The van der Waals surface area contributed by atoms with Crippen molar-refractivity contribution in [3.05, 3.63) is 35.4 Å². The van der Waals surface area contributed by atoms with Crippen LogP contribution in [0.25, 0.3) is 0 Å². The number of rotatable bonds is 4.